The average molecular weight is 324 g/mol. The third-order valence-electron chi connectivity index (χ3n) is 3.36. The summed E-state index contributed by atoms with van der Waals surface area (Å²) in [5.74, 6) is 0.972. The smallest absolute Gasteiger partial charge is 0.170 e. The zero-order valence-electron chi connectivity index (χ0n) is 12.7. The van der Waals surface area contributed by atoms with E-state index in [0.29, 0.717) is 31.5 Å². The number of fused-ring (bicyclic) bond motifs is 1. The van der Waals surface area contributed by atoms with E-state index in [4.69, 9.17) is 31.2 Å². The van der Waals surface area contributed by atoms with Gasteiger partial charge in [-0.25, -0.2) is 0 Å². The van der Waals surface area contributed by atoms with E-state index in [2.05, 4.69) is 10.6 Å². The molecule has 0 saturated carbocycles. The highest BCUT2D eigenvalue weighted by atomic mass is 32.1. The Bertz CT molecular complexity index is 564. The molecule has 0 bridgehead atoms. The number of benzene rings is 1. The lowest BCUT2D eigenvalue weighted by atomic mass is 10.2. The topological polar surface area (TPSA) is 61.0 Å². The van der Waals surface area contributed by atoms with Gasteiger partial charge in [0.05, 0.1) is 6.61 Å². The van der Waals surface area contributed by atoms with E-state index < -0.39 is 5.79 Å². The molecule has 1 aromatic carbocycles. The molecule has 2 aliphatic rings. The Morgan fingerprint density at radius 1 is 1.27 bits per heavy atom. The first-order valence-corrected chi connectivity index (χ1v) is 7.69. The maximum atomic E-state index is 5.72. The van der Waals surface area contributed by atoms with Gasteiger partial charge in [-0.3, -0.25) is 0 Å². The van der Waals surface area contributed by atoms with Gasteiger partial charge < -0.3 is 29.6 Å². The van der Waals surface area contributed by atoms with Crippen molar-refractivity contribution in [3.8, 4) is 11.5 Å². The molecule has 120 valence electrons. The lowest BCUT2D eigenvalue weighted by Crippen LogP contribution is -2.36. The first-order valence-electron chi connectivity index (χ1n) is 7.28. The van der Waals surface area contributed by atoms with Gasteiger partial charge in [0.25, 0.3) is 0 Å². The first-order chi connectivity index (χ1) is 10.5. The third-order valence-corrected chi connectivity index (χ3v) is 3.60. The van der Waals surface area contributed by atoms with E-state index in [1.807, 2.05) is 32.0 Å². The summed E-state index contributed by atoms with van der Waals surface area (Å²) in [5.41, 5.74) is 0.852. The molecule has 1 aromatic rings. The minimum absolute atomic E-state index is 0.00461. The highest BCUT2D eigenvalue weighted by molar-refractivity contribution is 7.80. The molecule has 1 atom stereocenters. The lowest BCUT2D eigenvalue weighted by molar-refractivity contribution is -0.137. The van der Waals surface area contributed by atoms with Crippen molar-refractivity contribution in [2.45, 2.75) is 25.7 Å². The van der Waals surface area contributed by atoms with Gasteiger partial charge in [-0.15, -0.1) is 0 Å². The van der Waals surface area contributed by atoms with Crippen LogP contribution in [-0.2, 0) is 9.47 Å². The summed E-state index contributed by atoms with van der Waals surface area (Å²) in [6.07, 6.45) is -0.00461. The number of ether oxygens (including phenoxy) is 4. The third kappa shape index (κ3) is 3.79. The number of hydrogen-bond acceptors (Lipinski definition) is 5. The second-order valence-electron chi connectivity index (χ2n) is 5.64. The van der Waals surface area contributed by atoms with E-state index in [0.717, 1.165) is 17.2 Å². The molecule has 1 saturated heterocycles. The van der Waals surface area contributed by atoms with Crippen LogP contribution in [0.3, 0.4) is 0 Å². The van der Waals surface area contributed by atoms with E-state index in [1.165, 1.54) is 0 Å². The highest BCUT2D eigenvalue weighted by Gasteiger charge is 2.32. The first kappa shape index (κ1) is 15.3. The van der Waals surface area contributed by atoms with Gasteiger partial charge in [0.2, 0.25) is 0 Å². The molecule has 0 amide bonds. The molecule has 2 aliphatic heterocycles. The Kier molecular flexibility index (Phi) is 4.37. The van der Waals surface area contributed by atoms with Crippen molar-refractivity contribution in [2.24, 2.45) is 0 Å². The molecule has 0 spiro atoms. The highest BCUT2D eigenvalue weighted by Crippen LogP contribution is 2.32. The van der Waals surface area contributed by atoms with Crippen LogP contribution in [0.15, 0.2) is 18.2 Å². The maximum absolute atomic E-state index is 5.72. The van der Waals surface area contributed by atoms with Crippen molar-refractivity contribution in [3.63, 3.8) is 0 Å². The summed E-state index contributed by atoms with van der Waals surface area (Å²) in [4.78, 5) is 0. The van der Waals surface area contributed by atoms with Gasteiger partial charge in [0.15, 0.2) is 22.4 Å². The quantitative estimate of drug-likeness (QED) is 0.823. The molecule has 0 aromatic heterocycles. The van der Waals surface area contributed by atoms with Gasteiger partial charge in [-0.1, -0.05) is 0 Å². The number of thiocarbonyl (C=S) groups is 1. The van der Waals surface area contributed by atoms with Gasteiger partial charge in [-0.2, -0.15) is 0 Å². The van der Waals surface area contributed by atoms with Crippen molar-refractivity contribution in [2.75, 3.05) is 31.7 Å². The second-order valence-corrected chi connectivity index (χ2v) is 6.05. The van der Waals surface area contributed by atoms with Crippen LogP contribution < -0.4 is 20.1 Å². The average Bonchev–Trinajstić information content (AvgIpc) is 2.84. The summed E-state index contributed by atoms with van der Waals surface area (Å²) >= 11 is 5.29. The van der Waals surface area contributed by atoms with Crippen molar-refractivity contribution in [1.29, 1.82) is 0 Å². The van der Waals surface area contributed by atoms with Crippen molar-refractivity contribution in [3.05, 3.63) is 18.2 Å². The van der Waals surface area contributed by atoms with Gasteiger partial charge >= 0.3 is 0 Å². The van der Waals surface area contributed by atoms with E-state index in [1.54, 1.807) is 0 Å². The standard InChI is InChI=1S/C15H20N2O4S/c1-15(2)20-9-11(21-15)8-16-14(22)17-10-3-4-12-13(7-10)19-6-5-18-12/h3-4,7,11H,5-6,8-9H2,1-2H3,(H2,16,17,22). The fraction of sp³-hybridized carbons (Fsp3) is 0.533. The summed E-state index contributed by atoms with van der Waals surface area (Å²) in [7, 11) is 0. The Balaban J connectivity index is 1.49. The van der Waals surface area contributed by atoms with Crippen LogP contribution in [0.4, 0.5) is 5.69 Å². The van der Waals surface area contributed by atoms with Crippen LogP contribution in [0.25, 0.3) is 0 Å². The lowest BCUT2D eigenvalue weighted by Gasteiger charge is -2.20. The zero-order chi connectivity index (χ0) is 15.6. The Labute approximate surface area is 135 Å². The number of hydrogen-bond donors (Lipinski definition) is 2. The summed E-state index contributed by atoms with van der Waals surface area (Å²) in [5, 5.41) is 6.79. The molecular formula is C15H20N2O4S. The fourth-order valence-corrected chi connectivity index (χ4v) is 2.57. The molecule has 1 fully saturated rings. The fourth-order valence-electron chi connectivity index (χ4n) is 2.37. The van der Waals surface area contributed by atoms with E-state index in [-0.39, 0.29) is 6.10 Å². The molecule has 7 heteroatoms. The largest absolute Gasteiger partial charge is 0.486 e. The number of nitrogens with one attached hydrogen (secondary N) is 2. The molecule has 0 aliphatic carbocycles. The molecule has 22 heavy (non-hydrogen) atoms. The monoisotopic (exact) mass is 324 g/mol. The molecule has 2 heterocycles. The molecule has 6 nitrogen and oxygen atoms in total. The molecular weight excluding hydrogens is 304 g/mol. The molecule has 3 rings (SSSR count). The molecule has 1 unspecified atom stereocenters. The second kappa shape index (κ2) is 6.28. The van der Waals surface area contributed by atoms with Crippen LogP contribution in [0.2, 0.25) is 0 Å². The van der Waals surface area contributed by atoms with Gasteiger partial charge in [-0.05, 0) is 38.2 Å². The zero-order valence-corrected chi connectivity index (χ0v) is 13.5. The van der Waals surface area contributed by atoms with E-state index >= 15 is 0 Å². The molecule has 0 radical (unpaired) electrons. The summed E-state index contributed by atoms with van der Waals surface area (Å²) in [6.45, 7) is 6.11. The summed E-state index contributed by atoms with van der Waals surface area (Å²) in [6, 6.07) is 5.65. The van der Waals surface area contributed by atoms with Gasteiger partial charge in [0, 0.05) is 18.3 Å². The van der Waals surface area contributed by atoms with Crippen LogP contribution in [0.5, 0.6) is 11.5 Å². The van der Waals surface area contributed by atoms with Crippen molar-refractivity contribution < 1.29 is 18.9 Å². The predicted molar refractivity (Wildman–Crippen MR) is 86.6 cm³/mol. The van der Waals surface area contributed by atoms with Crippen LogP contribution >= 0.6 is 12.2 Å². The SMILES string of the molecule is CC1(C)OCC(CNC(=S)Nc2ccc3c(c2)OCCO3)O1. The van der Waals surface area contributed by atoms with Crippen molar-refractivity contribution in [1.82, 2.24) is 5.32 Å². The Hall–Kier alpha value is -1.57. The number of rotatable bonds is 3. The Morgan fingerprint density at radius 2 is 2.05 bits per heavy atom. The number of anilines is 1. The Morgan fingerprint density at radius 3 is 2.77 bits per heavy atom. The maximum Gasteiger partial charge on any atom is 0.170 e. The van der Waals surface area contributed by atoms with Crippen LogP contribution in [0, 0.1) is 0 Å². The predicted octanol–water partition coefficient (Wildman–Crippen LogP) is 1.90. The van der Waals surface area contributed by atoms with Gasteiger partial charge in [0.1, 0.15) is 19.3 Å². The van der Waals surface area contributed by atoms with Crippen LogP contribution in [0.1, 0.15) is 13.8 Å². The minimum Gasteiger partial charge on any atom is -0.486 e. The van der Waals surface area contributed by atoms with Crippen molar-refractivity contribution >= 4 is 23.0 Å². The summed E-state index contributed by atoms with van der Waals surface area (Å²) < 4.78 is 22.3. The van der Waals surface area contributed by atoms with E-state index in [9.17, 15) is 0 Å². The normalized spacial score (nSPS) is 22.2. The van der Waals surface area contributed by atoms with Crippen LogP contribution in [-0.4, -0.2) is 43.4 Å². The molecule has 2 N–H and O–H groups in total. The minimum atomic E-state index is -0.517.